The van der Waals surface area contributed by atoms with Gasteiger partial charge in [-0.05, 0) is 186 Å². The van der Waals surface area contributed by atoms with Crippen LogP contribution in [-0.2, 0) is 80.8 Å². The number of benzene rings is 6. The molecule has 6 aromatic carbocycles. The van der Waals surface area contributed by atoms with Crippen molar-refractivity contribution >= 4 is 97.9 Å². The number of alkyl carbamates (subject to hydrolysis) is 2. The van der Waals surface area contributed by atoms with Crippen LogP contribution in [0.5, 0.6) is 34.5 Å². The Kier molecular flexibility index (Phi) is 45.1. The Bertz CT molecular complexity index is 4480. The summed E-state index contributed by atoms with van der Waals surface area (Å²) in [6.07, 6.45) is 7.81. The number of nitrogens with one attached hydrogen (secondary N) is 4. The number of carbonyl (C=O) groups is 7. The maximum atomic E-state index is 15.6. The normalized spacial score (nSPS) is 14.3. The molecule has 0 spiro atoms. The predicted molar refractivity (Wildman–Crippen MR) is 437 cm³/mol. The van der Waals surface area contributed by atoms with Crippen molar-refractivity contribution in [1.29, 1.82) is 0 Å². The quantitative estimate of drug-likeness (QED) is 0.00373. The summed E-state index contributed by atoms with van der Waals surface area (Å²) in [4.78, 5) is 92.0. The van der Waals surface area contributed by atoms with E-state index in [1.54, 1.807) is 123 Å². The first kappa shape index (κ1) is 102. The van der Waals surface area contributed by atoms with Gasteiger partial charge in [0.05, 0.1) is 78.2 Å². The Hall–Kier alpha value is -5.84. The van der Waals surface area contributed by atoms with Gasteiger partial charge in [0.25, 0.3) is 6.47 Å². The van der Waals surface area contributed by atoms with E-state index in [-0.39, 0.29) is 207 Å². The van der Waals surface area contributed by atoms with Gasteiger partial charge in [0, 0.05) is 87.6 Å². The third-order valence-corrected chi connectivity index (χ3v) is 19.2. The van der Waals surface area contributed by atoms with Gasteiger partial charge in [-0.15, -0.1) is 22.7 Å². The average Bonchev–Trinajstić information content (AvgIpc) is 0.975. The number of ether oxygens (including phenoxy) is 11. The molecule has 2 aromatic heterocycles. The number of nitrogens with zero attached hydrogens (tertiary/aromatic N) is 2. The molecule has 0 saturated heterocycles. The second-order valence-electron chi connectivity index (χ2n) is 28.5. The van der Waals surface area contributed by atoms with Crippen LogP contribution in [0, 0.1) is 11.6 Å². The van der Waals surface area contributed by atoms with Crippen molar-refractivity contribution in [2.24, 2.45) is 0 Å². The van der Waals surface area contributed by atoms with Crippen LogP contribution in [0.2, 0.25) is 0 Å². The molecule has 0 bridgehead atoms. The van der Waals surface area contributed by atoms with Crippen LogP contribution in [0.25, 0.3) is 22.3 Å². The fourth-order valence-electron chi connectivity index (χ4n) is 12.2. The van der Waals surface area contributed by atoms with Crippen LogP contribution in [0.3, 0.4) is 0 Å². The van der Waals surface area contributed by atoms with Gasteiger partial charge in [0.1, 0.15) is 40.9 Å². The minimum absolute atomic E-state index is 0. The maximum Gasteiger partial charge on any atom is 1.00 e. The average molecular weight is 2010 g/mol. The summed E-state index contributed by atoms with van der Waals surface area (Å²) < 4.78 is 91.6. The number of aromatic nitrogens is 2. The molecule has 2 aliphatic carbocycles. The smallest absolute Gasteiger partial charge is 1.00 e. The number of anilines is 2. The molecule has 2 aliphatic rings. The minimum atomic E-state index is -0.569. The van der Waals surface area contributed by atoms with Gasteiger partial charge in [-0.25, -0.2) is 37.9 Å². The minimum Gasteiger partial charge on any atom is -1.00 e. The molecule has 0 unspecified atom stereocenters. The van der Waals surface area contributed by atoms with E-state index in [9.17, 15) is 33.9 Å². The monoisotopic (exact) mass is 2010 g/mol. The third-order valence-electron chi connectivity index (χ3n) is 17.4. The number of thiazole rings is 2. The number of hydrogen-bond donors (Lipinski definition) is 5. The van der Waals surface area contributed by atoms with Gasteiger partial charge in [-0.1, -0.05) is 60.7 Å². The number of carbonyl (C=O) groups excluding carboxylic acids is 7. The molecular formula is C83H99Cs2F2IN6O21S2. The molecule has 0 fully saturated rings. The van der Waals surface area contributed by atoms with Crippen LogP contribution in [0.4, 0.5) is 28.6 Å². The van der Waals surface area contributed by atoms with Gasteiger partial charge in [0.15, 0.2) is 33.3 Å². The van der Waals surface area contributed by atoms with Crippen molar-refractivity contribution < 1.29 is 249 Å². The number of methoxy groups -OCH3 is 2. The number of alkyl halides is 1. The van der Waals surface area contributed by atoms with Crippen molar-refractivity contribution in [3.05, 3.63) is 177 Å². The second-order valence-corrected chi connectivity index (χ2v) is 31.4. The number of rotatable bonds is 33. The number of aryl methyl sites for hydroxylation is 2. The molecule has 8 aromatic rings. The largest absolute Gasteiger partial charge is 1.00 e. The Balaban J connectivity index is 0.000000403. The number of halogens is 3. The van der Waals surface area contributed by atoms with Crippen molar-refractivity contribution in [3.63, 3.8) is 0 Å². The summed E-state index contributed by atoms with van der Waals surface area (Å²) in [6, 6.07) is 29.2. The first-order chi connectivity index (χ1) is 55.0. The van der Waals surface area contributed by atoms with E-state index >= 15 is 8.78 Å². The molecule has 0 radical (unpaired) electrons. The molecule has 0 aliphatic heterocycles. The topological polar surface area (TPSA) is 347 Å². The van der Waals surface area contributed by atoms with Crippen LogP contribution in [0.15, 0.2) is 132 Å². The van der Waals surface area contributed by atoms with Crippen molar-refractivity contribution in [3.8, 4) is 56.8 Å². The summed E-state index contributed by atoms with van der Waals surface area (Å²) in [6.45, 7) is 19.3. The summed E-state index contributed by atoms with van der Waals surface area (Å²) in [5, 5.41) is 34.8. The summed E-state index contributed by atoms with van der Waals surface area (Å²) >= 11 is 4.98. The fraction of sp³-hybridized carbons (Fsp3) is 0.410. The van der Waals surface area contributed by atoms with E-state index < -0.39 is 57.8 Å². The standard InChI is InChI=1S/C41H48FN3O9S.C30H27FN2O5S.C11H22INO4.CH2O3.2Cs.H/c1-40(2,3)54-39(48)44-15-17-50-18-19-51-20-21-52-34-23-29-7-6-14-41(4,26-36(46)45-38-43-16-22-55-38)32(29)25-35(34)53-30-12-13-31(33(42)24-30)27-8-10-28(11-9-27)37(47)49-5;1-30(17-27(35)33-29-32-12-13-39-29)11-3-4-20-14-25(34)26(16-23(20)30)38-21-9-10-22(24(31)15-21)18-5-7-19(8-6-18)28(36)37-2;1-11(2,3)17-10(14)13-5-7-16-9-8-15-6-4-12;2-1-4-3;;;/h8-13,16,22-25H,6-7,14-15,17-21,26H2,1-5H3,(H,44,48)(H,43,45,46);5-10,12-16,34H,3-4,11,17H2,1-2H3,(H,32,33,35);4-9H2,1-3H3,(H,13,14);1,3H;;;/q;;;;2*+1;-1/p-1/t41-;30-;;;;;/m11...../s1. The Morgan fingerprint density at radius 2 is 0.966 bits per heavy atom. The zero-order valence-corrected chi connectivity index (χ0v) is 84.2. The van der Waals surface area contributed by atoms with Crippen LogP contribution in [0.1, 0.15) is 138 Å². The zero-order valence-electron chi connectivity index (χ0n) is 68.9. The number of hydrogen-bond acceptors (Lipinski definition) is 25. The molecule has 622 valence electrons. The predicted octanol–water partition coefficient (Wildman–Crippen LogP) is 9.48. The molecule has 5 N–H and O–H groups in total. The van der Waals surface area contributed by atoms with Gasteiger partial charge < -0.3 is 90.1 Å². The number of fused-ring (bicyclic) bond motifs is 2. The van der Waals surface area contributed by atoms with Gasteiger partial charge in [-0.3, -0.25) is 14.4 Å². The number of phenols is 1. The van der Waals surface area contributed by atoms with Gasteiger partial charge in [0.2, 0.25) is 11.8 Å². The first-order valence-corrected chi connectivity index (χ1v) is 40.2. The van der Waals surface area contributed by atoms with Gasteiger partial charge >= 0.3 is 162 Å². The van der Waals surface area contributed by atoms with E-state index in [2.05, 4.69) is 65.6 Å². The second kappa shape index (κ2) is 51.8. The number of esters is 2. The molecule has 34 heteroatoms. The van der Waals surface area contributed by atoms with Crippen LogP contribution < -0.4 is 179 Å². The SMILES string of the molecule is CC(C)(C)OC(=O)NCCOCCOCCI.COC(=O)c1ccc(-c2ccc(Oc3cc4c(cc3O)CCC[C@]4(C)CC(=O)Nc3nccs3)cc2F)cc1.COC(=O)c1ccc(-c2ccc(Oc3cc4c(cc3OCCOCCOCCNC(=O)OC(C)(C)C)CCC[C@]4(C)CC(=O)Nc3nccs3)cc2F)cc1.O=CO[O-].[Cs+].[Cs+].[H-]. The third kappa shape index (κ3) is 34.9. The molecule has 117 heavy (non-hydrogen) atoms. The number of phenolic OH excluding ortho intramolecular Hbond substituents is 1. The van der Waals surface area contributed by atoms with Crippen molar-refractivity contribution in [2.75, 3.05) is 102 Å². The summed E-state index contributed by atoms with van der Waals surface area (Å²) in [5.41, 5.74) is 4.51. The summed E-state index contributed by atoms with van der Waals surface area (Å²) in [7, 11) is 2.61. The first-order valence-electron chi connectivity index (χ1n) is 36.9. The Labute approximate surface area is 820 Å². The van der Waals surface area contributed by atoms with Gasteiger partial charge in [-0.2, -0.15) is 0 Å². The molecule has 2 atom stereocenters. The number of amides is 4. The Morgan fingerprint density at radius 3 is 1.36 bits per heavy atom. The molecular weight excluding hydrogens is 1910 g/mol. The van der Waals surface area contributed by atoms with Crippen molar-refractivity contribution in [1.82, 2.24) is 20.6 Å². The van der Waals surface area contributed by atoms with Crippen molar-refractivity contribution in [2.45, 2.75) is 129 Å². The van der Waals surface area contributed by atoms with E-state index in [0.717, 1.165) is 71.8 Å². The zero-order chi connectivity index (χ0) is 83.6. The fourth-order valence-corrected chi connectivity index (χ4v) is 13.6. The van der Waals surface area contributed by atoms with Crippen LogP contribution in [-0.4, -0.2) is 160 Å². The molecule has 10 rings (SSSR count). The van der Waals surface area contributed by atoms with E-state index in [0.29, 0.717) is 108 Å². The summed E-state index contributed by atoms with van der Waals surface area (Å²) in [5.74, 6) is -0.771. The Morgan fingerprint density at radius 1 is 0.564 bits per heavy atom. The molecule has 2 heterocycles. The molecule has 0 saturated carbocycles. The van der Waals surface area contributed by atoms with E-state index in [1.165, 1.54) is 49.0 Å². The molecule has 27 nitrogen and oxygen atoms in total. The maximum absolute atomic E-state index is 15.6. The van der Waals surface area contributed by atoms with E-state index in [4.69, 9.17) is 62.2 Å². The number of aromatic hydroxyl groups is 1. The molecule has 4 amide bonds. The van der Waals surface area contributed by atoms with E-state index in [1.807, 2.05) is 45.2 Å². The van der Waals surface area contributed by atoms with Crippen LogP contribution >= 0.6 is 45.3 Å².